The predicted octanol–water partition coefficient (Wildman–Crippen LogP) is 2.39. The number of carbonyl (C=O) groups is 1. The molecule has 19 heavy (non-hydrogen) atoms. The number of carbonyl (C=O) groups excluding carboxylic acids is 1. The van der Waals surface area contributed by atoms with Gasteiger partial charge in [0.15, 0.2) is 6.10 Å². The second kappa shape index (κ2) is 9.39. The van der Waals surface area contributed by atoms with Crippen LogP contribution in [-0.2, 0) is 9.53 Å². The molecular weight excluding hydrogens is 242 g/mol. The van der Waals surface area contributed by atoms with E-state index in [0.29, 0.717) is 26.2 Å². The van der Waals surface area contributed by atoms with Crippen molar-refractivity contribution in [1.29, 1.82) is 0 Å². The Labute approximate surface area is 115 Å². The maximum absolute atomic E-state index is 11.9. The Kier molecular flexibility index (Phi) is 7.66. The number of nitrogens with one attached hydrogen (secondary N) is 1. The Morgan fingerprint density at radius 3 is 2.63 bits per heavy atom. The van der Waals surface area contributed by atoms with E-state index in [0.717, 1.165) is 12.2 Å². The molecule has 0 saturated carbocycles. The first-order chi connectivity index (χ1) is 9.27. The fraction of sp³-hybridized carbons (Fsp3) is 0.533. The van der Waals surface area contributed by atoms with Crippen LogP contribution >= 0.6 is 0 Å². The van der Waals surface area contributed by atoms with E-state index in [1.54, 1.807) is 0 Å². The summed E-state index contributed by atoms with van der Waals surface area (Å²) in [6.07, 6.45) is 1.03. The highest BCUT2D eigenvalue weighted by molar-refractivity contribution is 5.81. The van der Waals surface area contributed by atoms with Gasteiger partial charge in [0.05, 0.1) is 0 Å². The number of amides is 1. The van der Waals surface area contributed by atoms with Crippen molar-refractivity contribution in [2.75, 3.05) is 19.8 Å². The first-order valence-corrected chi connectivity index (χ1v) is 6.85. The number of hydrogen-bond donors (Lipinski definition) is 1. The molecule has 1 rings (SSSR count). The van der Waals surface area contributed by atoms with Crippen molar-refractivity contribution in [2.24, 2.45) is 0 Å². The molecule has 0 fully saturated rings. The van der Waals surface area contributed by atoms with Crippen LogP contribution in [0.15, 0.2) is 30.3 Å². The molecule has 0 radical (unpaired) electrons. The van der Waals surface area contributed by atoms with Crippen LogP contribution in [0.1, 0.15) is 26.7 Å². The fourth-order valence-electron chi connectivity index (χ4n) is 1.63. The second-order valence-electron chi connectivity index (χ2n) is 4.17. The van der Waals surface area contributed by atoms with Gasteiger partial charge in [-0.15, -0.1) is 0 Å². The van der Waals surface area contributed by atoms with E-state index in [1.165, 1.54) is 0 Å². The van der Waals surface area contributed by atoms with Crippen LogP contribution < -0.4 is 10.1 Å². The number of benzene rings is 1. The Bertz CT molecular complexity index is 354. The Balaban J connectivity index is 2.31. The van der Waals surface area contributed by atoms with Crippen molar-refractivity contribution < 1.29 is 14.3 Å². The van der Waals surface area contributed by atoms with Gasteiger partial charge in [0.1, 0.15) is 5.75 Å². The van der Waals surface area contributed by atoms with Gasteiger partial charge in [-0.25, -0.2) is 0 Å². The van der Waals surface area contributed by atoms with Gasteiger partial charge < -0.3 is 14.8 Å². The van der Waals surface area contributed by atoms with E-state index < -0.39 is 6.10 Å². The summed E-state index contributed by atoms with van der Waals surface area (Å²) >= 11 is 0. The standard InChI is InChI=1S/C15H23NO3/c1-3-14(19-13-9-6-5-7-10-13)15(17)16-11-8-12-18-4-2/h5-7,9-10,14H,3-4,8,11-12H2,1-2H3,(H,16,17). The SMILES string of the molecule is CCOCCCNC(=O)C(CC)Oc1ccccc1. The number of rotatable bonds is 9. The minimum Gasteiger partial charge on any atom is -0.481 e. The fourth-order valence-corrected chi connectivity index (χ4v) is 1.63. The third-order valence-electron chi connectivity index (χ3n) is 2.65. The number of hydrogen-bond acceptors (Lipinski definition) is 3. The summed E-state index contributed by atoms with van der Waals surface area (Å²) in [7, 11) is 0. The summed E-state index contributed by atoms with van der Waals surface area (Å²) in [6, 6.07) is 9.40. The monoisotopic (exact) mass is 265 g/mol. The third-order valence-corrected chi connectivity index (χ3v) is 2.65. The molecule has 1 atom stereocenters. The maximum atomic E-state index is 11.9. The maximum Gasteiger partial charge on any atom is 0.261 e. The average molecular weight is 265 g/mol. The lowest BCUT2D eigenvalue weighted by atomic mass is 10.2. The van der Waals surface area contributed by atoms with Crippen molar-refractivity contribution in [3.8, 4) is 5.75 Å². The molecule has 1 aromatic carbocycles. The summed E-state index contributed by atoms with van der Waals surface area (Å²) in [6.45, 7) is 5.90. The molecular formula is C15H23NO3. The van der Waals surface area contributed by atoms with Gasteiger partial charge in [-0.2, -0.15) is 0 Å². The highest BCUT2D eigenvalue weighted by atomic mass is 16.5. The van der Waals surface area contributed by atoms with Crippen LogP contribution in [0.5, 0.6) is 5.75 Å². The normalized spacial score (nSPS) is 11.9. The van der Waals surface area contributed by atoms with Gasteiger partial charge in [0.25, 0.3) is 5.91 Å². The van der Waals surface area contributed by atoms with E-state index in [-0.39, 0.29) is 5.91 Å². The number of ether oxygens (including phenoxy) is 2. The summed E-state index contributed by atoms with van der Waals surface area (Å²) in [5, 5.41) is 2.87. The minimum atomic E-state index is -0.436. The summed E-state index contributed by atoms with van der Waals surface area (Å²) in [5.41, 5.74) is 0. The van der Waals surface area contributed by atoms with Crippen LogP contribution in [0.25, 0.3) is 0 Å². The van der Waals surface area contributed by atoms with E-state index in [1.807, 2.05) is 44.2 Å². The van der Waals surface area contributed by atoms with Gasteiger partial charge in [-0.3, -0.25) is 4.79 Å². The van der Waals surface area contributed by atoms with E-state index in [4.69, 9.17) is 9.47 Å². The zero-order valence-corrected chi connectivity index (χ0v) is 11.7. The molecule has 0 aliphatic heterocycles. The van der Waals surface area contributed by atoms with Crippen LogP contribution in [0.2, 0.25) is 0 Å². The first kappa shape index (κ1) is 15.5. The second-order valence-corrected chi connectivity index (χ2v) is 4.17. The highest BCUT2D eigenvalue weighted by Crippen LogP contribution is 2.12. The van der Waals surface area contributed by atoms with Crippen LogP contribution in [0.4, 0.5) is 0 Å². The Morgan fingerprint density at radius 1 is 1.26 bits per heavy atom. The highest BCUT2D eigenvalue weighted by Gasteiger charge is 2.17. The van der Waals surface area contributed by atoms with Crippen LogP contribution in [-0.4, -0.2) is 31.8 Å². The lowest BCUT2D eigenvalue weighted by Crippen LogP contribution is -2.38. The van der Waals surface area contributed by atoms with Crippen LogP contribution in [0, 0.1) is 0 Å². The average Bonchev–Trinajstić information content (AvgIpc) is 2.45. The largest absolute Gasteiger partial charge is 0.481 e. The van der Waals surface area contributed by atoms with E-state index in [9.17, 15) is 4.79 Å². The van der Waals surface area contributed by atoms with Crippen molar-refractivity contribution in [3.63, 3.8) is 0 Å². The smallest absolute Gasteiger partial charge is 0.261 e. The Hall–Kier alpha value is -1.55. The lowest BCUT2D eigenvalue weighted by Gasteiger charge is -2.17. The molecule has 1 N–H and O–H groups in total. The summed E-state index contributed by atoms with van der Waals surface area (Å²) in [4.78, 5) is 11.9. The molecule has 4 heteroatoms. The molecule has 1 amide bonds. The van der Waals surface area contributed by atoms with Crippen molar-refractivity contribution in [2.45, 2.75) is 32.8 Å². The van der Waals surface area contributed by atoms with Gasteiger partial charge in [-0.1, -0.05) is 25.1 Å². The zero-order chi connectivity index (χ0) is 13.9. The van der Waals surface area contributed by atoms with E-state index >= 15 is 0 Å². The molecule has 0 aliphatic rings. The molecule has 0 aromatic heterocycles. The van der Waals surface area contributed by atoms with Crippen molar-refractivity contribution in [1.82, 2.24) is 5.32 Å². The van der Waals surface area contributed by atoms with Gasteiger partial charge in [0.2, 0.25) is 0 Å². The molecule has 0 aliphatic carbocycles. The van der Waals surface area contributed by atoms with Crippen molar-refractivity contribution >= 4 is 5.91 Å². The summed E-state index contributed by atoms with van der Waals surface area (Å²) < 4.78 is 10.9. The lowest BCUT2D eigenvalue weighted by molar-refractivity contribution is -0.128. The molecule has 1 unspecified atom stereocenters. The molecule has 0 bridgehead atoms. The predicted molar refractivity (Wildman–Crippen MR) is 75.3 cm³/mol. The minimum absolute atomic E-state index is 0.0668. The van der Waals surface area contributed by atoms with Gasteiger partial charge in [0, 0.05) is 19.8 Å². The first-order valence-electron chi connectivity index (χ1n) is 6.85. The topological polar surface area (TPSA) is 47.6 Å². The molecule has 0 heterocycles. The molecule has 0 spiro atoms. The molecule has 4 nitrogen and oxygen atoms in total. The zero-order valence-electron chi connectivity index (χ0n) is 11.7. The molecule has 1 aromatic rings. The van der Waals surface area contributed by atoms with Crippen LogP contribution in [0.3, 0.4) is 0 Å². The molecule has 0 saturated heterocycles. The summed E-state index contributed by atoms with van der Waals surface area (Å²) in [5.74, 6) is 0.654. The molecule has 106 valence electrons. The number of para-hydroxylation sites is 1. The third kappa shape index (κ3) is 6.25. The van der Waals surface area contributed by atoms with Crippen molar-refractivity contribution in [3.05, 3.63) is 30.3 Å². The van der Waals surface area contributed by atoms with Gasteiger partial charge in [-0.05, 0) is 31.9 Å². The van der Waals surface area contributed by atoms with E-state index in [2.05, 4.69) is 5.32 Å². The Morgan fingerprint density at radius 2 is 2.00 bits per heavy atom. The van der Waals surface area contributed by atoms with Gasteiger partial charge >= 0.3 is 0 Å². The quantitative estimate of drug-likeness (QED) is 0.697.